The number of rotatable bonds is 6. The normalized spacial score (nSPS) is 12.9. The highest BCUT2D eigenvalue weighted by Crippen LogP contribution is 2.54. The smallest absolute Gasteiger partial charge is 0.143 e. The molecule has 1 aliphatic rings. The lowest BCUT2D eigenvalue weighted by atomic mass is 9.82. The summed E-state index contributed by atoms with van der Waals surface area (Å²) < 4.78 is 6.74. The van der Waals surface area contributed by atoms with Gasteiger partial charge in [0, 0.05) is 44.1 Å². The van der Waals surface area contributed by atoms with Gasteiger partial charge >= 0.3 is 0 Å². The van der Waals surface area contributed by atoms with Gasteiger partial charge in [-0.25, -0.2) is 0 Å². The van der Waals surface area contributed by atoms with Gasteiger partial charge in [0.2, 0.25) is 0 Å². The third-order valence-corrected chi connectivity index (χ3v) is 12.1. The van der Waals surface area contributed by atoms with E-state index >= 15 is 0 Å². The number of fused-ring (bicyclic) bond motifs is 8. The Morgan fingerprint density at radius 3 is 1.63 bits per heavy atom. The molecule has 1 heterocycles. The first-order valence-electron chi connectivity index (χ1n) is 19.8. The third kappa shape index (κ3) is 5.33. The molecule has 0 atom stereocenters. The summed E-state index contributed by atoms with van der Waals surface area (Å²) in [4.78, 5) is 2.43. The van der Waals surface area contributed by atoms with E-state index in [4.69, 9.17) is 4.42 Å². The Balaban J connectivity index is 1.03. The monoisotopic (exact) mass is 729 g/mol. The first-order chi connectivity index (χ1) is 28.0. The highest BCUT2D eigenvalue weighted by atomic mass is 16.3. The Hall–Kier alpha value is -7.16. The van der Waals surface area contributed by atoms with E-state index in [0.717, 1.165) is 49.8 Å². The summed E-state index contributed by atoms with van der Waals surface area (Å²) in [6, 6.07) is 72.5. The molecule has 1 aromatic heterocycles. The van der Waals surface area contributed by atoms with Crippen LogP contribution in [-0.2, 0) is 5.41 Å². The maximum Gasteiger partial charge on any atom is 0.143 e. The molecule has 1 aliphatic carbocycles. The lowest BCUT2D eigenvalue weighted by Crippen LogP contribution is -2.16. The number of anilines is 3. The Labute approximate surface area is 332 Å². The van der Waals surface area contributed by atoms with E-state index in [1.165, 1.54) is 55.6 Å². The van der Waals surface area contributed by atoms with Gasteiger partial charge < -0.3 is 9.32 Å². The van der Waals surface area contributed by atoms with Gasteiger partial charge in [0.15, 0.2) is 0 Å². The largest absolute Gasteiger partial charge is 0.455 e. The molecule has 0 saturated heterocycles. The number of para-hydroxylation sites is 1. The predicted molar refractivity (Wildman–Crippen MR) is 240 cm³/mol. The molecule has 10 aromatic rings. The van der Waals surface area contributed by atoms with Crippen molar-refractivity contribution in [2.45, 2.75) is 19.3 Å². The van der Waals surface area contributed by atoms with Crippen molar-refractivity contribution in [3.05, 3.63) is 211 Å². The molecule has 9 aromatic carbocycles. The molecular weight excluding hydrogens is 691 g/mol. The van der Waals surface area contributed by atoms with Crippen LogP contribution in [0, 0.1) is 0 Å². The lowest BCUT2D eigenvalue weighted by molar-refractivity contribution is 0.660. The van der Waals surface area contributed by atoms with Crippen molar-refractivity contribution in [1.29, 1.82) is 0 Å². The molecule has 0 N–H and O–H groups in total. The Bertz CT molecular complexity index is 3120. The van der Waals surface area contributed by atoms with Gasteiger partial charge in [-0.3, -0.25) is 0 Å². The lowest BCUT2D eigenvalue weighted by Gasteiger charge is -2.29. The van der Waals surface area contributed by atoms with Crippen molar-refractivity contribution in [1.82, 2.24) is 0 Å². The molecule has 0 saturated carbocycles. The van der Waals surface area contributed by atoms with Gasteiger partial charge in [0.25, 0.3) is 0 Å². The number of benzene rings is 9. The molecule has 57 heavy (non-hydrogen) atoms. The molecule has 0 amide bonds. The fraction of sp³-hybridized carbons (Fsp3) is 0.0545. The van der Waals surface area contributed by atoms with Gasteiger partial charge in [0.05, 0.1) is 5.69 Å². The quantitative estimate of drug-likeness (QED) is 0.169. The highest BCUT2D eigenvalue weighted by molar-refractivity contribution is 6.17. The molecule has 2 heteroatoms. The topological polar surface area (TPSA) is 16.4 Å². The summed E-state index contributed by atoms with van der Waals surface area (Å²) in [5.41, 5.74) is 17.5. The average Bonchev–Trinajstić information content (AvgIpc) is 3.77. The molecule has 0 spiro atoms. The molecular formula is C55H39NO. The zero-order valence-electron chi connectivity index (χ0n) is 31.9. The van der Waals surface area contributed by atoms with Crippen LogP contribution in [0.2, 0.25) is 0 Å². The molecule has 0 unspecified atom stereocenters. The zero-order chi connectivity index (χ0) is 38.1. The van der Waals surface area contributed by atoms with Crippen LogP contribution in [0.1, 0.15) is 25.0 Å². The van der Waals surface area contributed by atoms with Crippen molar-refractivity contribution in [3.8, 4) is 44.5 Å². The number of furan rings is 1. The zero-order valence-corrected chi connectivity index (χ0v) is 31.9. The minimum atomic E-state index is -0.107. The summed E-state index contributed by atoms with van der Waals surface area (Å²) in [5.74, 6) is 0. The molecule has 0 fully saturated rings. The van der Waals surface area contributed by atoms with Crippen molar-refractivity contribution in [2.24, 2.45) is 0 Å². The first kappa shape index (κ1) is 33.2. The Morgan fingerprint density at radius 2 is 0.895 bits per heavy atom. The Kier molecular flexibility index (Phi) is 7.55. The second kappa shape index (κ2) is 13.0. The SMILES string of the molecule is CC1(C)c2ccccc2-c2c(N(c3ccc(-c4ccc(-c5ccccc5)cc4)cc3)c3ccc(-c4cccc5c4oc4c6ccccc6ccc54)cc3)cccc21. The van der Waals surface area contributed by atoms with Gasteiger partial charge in [-0.2, -0.15) is 0 Å². The minimum absolute atomic E-state index is 0.107. The van der Waals surface area contributed by atoms with Crippen molar-refractivity contribution < 1.29 is 4.42 Å². The third-order valence-electron chi connectivity index (χ3n) is 12.1. The maximum atomic E-state index is 6.74. The van der Waals surface area contributed by atoms with Crippen LogP contribution in [0.3, 0.4) is 0 Å². The summed E-state index contributed by atoms with van der Waals surface area (Å²) in [7, 11) is 0. The fourth-order valence-corrected chi connectivity index (χ4v) is 9.18. The van der Waals surface area contributed by atoms with E-state index in [0.29, 0.717) is 0 Å². The van der Waals surface area contributed by atoms with Crippen LogP contribution in [0.15, 0.2) is 205 Å². The predicted octanol–water partition coefficient (Wildman–Crippen LogP) is 15.5. The summed E-state index contributed by atoms with van der Waals surface area (Å²) in [5, 5.41) is 4.60. The summed E-state index contributed by atoms with van der Waals surface area (Å²) in [6.45, 7) is 4.69. The van der Waals surface area contributed by atoms with Gasteiger partial charge in [-0.1, -0.05) is 178 Å². The van der Waals surface area contributed by atoms with Crippen LogP contribution in [0.25, 0.3) is 77.2 Å². The molecule has 11 rings (SSSR count). The summed E-state index contributed by atoms with van der Waals surface area (Å²) >= 11 is 0. The van der Waals surface area contributed by atoms with Crippen LogP contribution in [0.4, 0.5) is 17.1 Å². The van der Waals surface area contributed by atoms with Crippen molar-refractivity contribution in [2.75, 3.05) is 4.90 Å². The van der Waals surface area contributed by atoms with Gasteiger partial charge in [0.1, 0.15) is 11.2 Å². The van der Waals surface area contributed by atoms with Crippen LogP contribution in [-0.4, -0.2) is 0 Å². The van der Waals surface area contributed by atoms with Crippen molar-refractivity contribution in [3.63, 3.8) is 0 Å². The molecule has 0 radical (unpaired) electrons. The number of nitrogens with zero attached hydrogens (tertiary/aromatic N) is 1. The van der Waals surface area contributed by atoms with Crippen LogP contribution < -0.4 is 4.90 Å². The van der Waals surface area contributed by atoms with Gasteiger partial charge in [-0.15, -0.1) is 0 Å². The van der Waals surface area contributed by atoms with E-state index in [1.807, 2.05) is 0 Å². The second-order valence-corrected chi connectivity index (χ2v) is 15.7. The van der Waals surface area contributed by atoms with Crippen LogP contribution in [0.5, 0.6) is 0 Å². The van der Waals surface area contributed by atoms with E-state index in [9.17, 15) is 0 Å². The fourth-order valence-electron chi connectivity index (χ4n) is 9.18. The number of hydrogen-bond donors (Lipinski definition) is 0. The average molecular weight is 730 g/mol. The first-order valence-corrected chi connectivity index (χ1v) is 19.8. The highest BCUT2D eigenvalue weighted by Gasteiger charge is 2.37. The standard InChI is InChI=1S/C55H39NO/c1-55(2)49-19-9-8-16-48(49)52-50(55)20-11-21-51(52)56(42-31-26-39(27-32-42)38-24-22-37(23-25-38)36-12-4-3-5-13-36)43-33-28-41(29-34-43)45-17-10-18-46-47-35-30-40-14-6-7-15-44(40)54(47)57-53(45)46/h3-35H,1-2H3. The Morgan fingerprint density at radius 1 is 0.368 bits per heavy atom. The van der Waals surface area contributed by atoms with E-state index in [1.54, 1.807) is 0 Å². The van der Waals surface area contributed by atoms with Crippen LogP contribution >= 0.6 is 0 Å². The molecule has 2 nitrogen and oxygen atoms in total. The van der Waals surface area contributed by atoms with E-state index in [2.05, 4.69) is 219 Å². The maximum absolute atomic E-state index is 6.74. The van der Waals surface area contributed by atoms with E-state index < -0.39 is 0 Å². The van der Waals surface area contributed by atoms with Gasteiger partial charge in [-0.05, 0) is 86.3 Å². The van der Waals surface area contributed by atoms with E-state index in [-0.39, 0.29) is 5.41 Å². The second-order valence-electron chi connectivity index (χ2n) is 15.7. The molecule has 0 bridgehead atoms. The number of hydrogen-bond acceptors (Lipinski definition) is 2. The molecule has 270 valence electrons. The summed E-state index contributed by atoms with van der Waals surface area (Å²) in [6.07, 6.45) is 0. The molecule has 0 aliphatic heterocycles. The van der Waals surface area contributed by atoms with Crippen molar-refractivity contribution >= 4 is 49.8 Å². The minimum Gasteiger partial charge on any atom is -0.455 e.